The average molecular weight is 355 g/mol. The minimum atomic E-state index is -0.198. The van der Waals surface area contributed by atoms with Gasteiger partial charge in [0, 0.05) is 0 Å². The zero-order valence-corrected chi connectivity index (χ0v) is 15.5. The minimum Gasteiger partial charge on any atom is -0.493 e. The quantitative estimate of drug-likeness (QED) is 0.809. The summed E-state index contributed by atoms with van der Waals surface area (Å²) in [5.41, 5.74) is 3.43. The standard InChI is InChI=1S/C21H25NO4/c1-14-7-8-18(11-15(14)2)25-10-9-22-21(23)17-12-16-5-4-6-19(24-3)20(16)26-13-17/h4-8,11,17H,9-10,12-13H2,1-3H3,(H,22,23)/t17-/m0/s1. The molecule has 1 aliphatic rings. The van der Waals surface area contributed by atoms with Crippen molar-refractivity contribution < 1.29 is 19.0 Å². The van der Waals surface area contributed by atoms with E-state index in [9.17, 15) is 4.79 Å². The second-order valence-electron chi connectivity index (χ2n) is 6.55. The van der Waals surface area contributed by atoms with Gasteiger partial charge in [-0.05, 0) is 55.2 Å². The summed E-state index contributed by atoms with van der Waals surface area (Å²) in [5.74, 6) is 2.07. The van der Waals surface area contributed by atoms with E-state index in [1.165, 1.54) is 11.1 Å². The molecule has 0 radical (unpaired) electrons. The Bertz CT molecular complexity index is 788. The molecule has 0 saturated heterocycles. The zero-order chi connectivity index (χ0) is 18.5. The Labute approximate surface area is 154 Å². The van der Waals surface area contributed by atoms with E-state index in [2.05, 4.69) is 19.2 Å². The first-order valence-electron chi connectivity index (χ1n) is 8.85. The fraction of sp³-hybridized carbons (Fsp3) is 0.381. The summed E-state index contributed by atoms with van der Waals surface area (Å²) in [6.07, 6.45) is 0.649. The lowest BCUT2D eigenvalue weighted by atomic mass is 9.95. The maximum absolute atomic E-state index is 12.4. The van der Waals surface area contributed by atoms with Gasteiger partial charge in [0.05, 0.1) is 19.6 Å². The zero-order valence-electron chi connectivity index (χ0n) is 15.5. The molecule has 1 atom stereocenters. The van der Waals surface area contributed by atoms with Crippen molar-refractivity contribution in [2.45, 2.75) is 20.3 Å². The molecular formula is C21H25NO4. The molecule has 5 heteroatoms. The number of para-hydroxylation sites is 1. The molecule has 138 valence electrons. The third kappa shape index (κ3) is 4.10. The Morgan fingerprint density at radius 3 is 2.85 bits per heavy atom. The summed E-state index contributed by atoms with van der Waals surface area (Å²) in [5, 5.41) is 2.93. The number of rotatable bonds is 6. The van der Waals surface area contributed by atoms with Crippen LogP contribution in [0.5, 0.6) is 17.2 Å². The Balaban J connectivity index is 1.47. The fourth-order valence-corrected chi connectivity index (χ4v) is 3.01. The predicted octanol–water partition coefficient (Wildman–Crippen LogP) is 3.06. The van der Waals surface area contributed by atoms with Gasteiger partial charge in [0.25, 0.3) is 0 Å². The molecule has 26 heavy (non-hydrogen) atoms. The van der Waals surface area contributed by atoms with Crippen LogP contribution in [0.3, 0.4) is 0 Å². The molecule has 1 heterocycles. The van der Waals surface area contributed by atoms with E-state index >= 15 is 0 Å². The molecule has 0 saturated carbocycles. The highest BCUT2D eigenvalue weighted by Crippen LogP contribution is 2.35. The van der Waals surface area contributed by atoms with Crippen molar-refractivity contribution in [1.29, 1.82) is 0 Å². The number of methoxy groups -OCH3 is 1. The van der Waals surface area contributed by atoms with Crippen LogP contribution in [-0.4, -0.2) is 32.8 Å². The molecule has 0 aromatic heterocycles. The first-order valence-corrected chi connectivity index (χ1v) is 8.85. The molecule has 5 nitrogen and oxygen atoms in total. The van der Waals surface area contributed by atoms with E-state index in [0.717, 1.165) is 17.1 Å². The van der Waals surface area contributed by atoms with Crippen LogP contribution in [0.15, 0.2) is 36.4 Å². The van der Waals surface area contributed by atoms with Crippen LogP contribution in [0.2, 0.25) is 0 Å². The number of nitrogens with one attached hydrogen (secondary N) is 1. The first kappa shape index (κ1) is 18.1. The van der Waals surface area contributed by atoms with Crippen LogP contribution < -0.4 is 19.5 Å². The largest absolute Gasteiger partial charge is 0.493 e. The molecular weight excluding hydrogens is 330 g/mol. The normalized spacial score (nSPS) is 15.6. The van der Waals surface area contributed by atoms with Crippen molar-refractivity contribution >= 4 is 5.91 Å². The predicted molar refractivity (Wildman–Crippen MR) is 100 cm³/mol. The maximum atomic E-state index is 12.4. The van der Waals surface area contributed by atoms with Crippen LogP contribution in [0.25, 0.3) is 0 Å². The summed E-state index contributed by atoms with van der Waals surface area (Å²) in [6, 6.07) is 11.7. The van der Waals surface area contributed by atoms with Gasteiger partial charge in [0.15, 0.2) is 11.5 Å². The molecule has 0 unspecified atom stereocenters. The fourth-order valence-electron chi connectivity index (χ4n) is 3.01. The van der Waals surface area contributed by atoms with Gasteiger partial charge < -0.3 is 19.5 Å². The number of fused-ring (bicyclic) bond motifs is 1. The van der Waals surface area contributed by atoms with Crippen LogP contribution in [0.1, 0.15) is 16.7 Å². The molecule has 0 bridgehead atoms. The Morgan fingerprint density at radius 1 is 1.23 bits per heavy atom. The molecule has 0 aliphatic carbocycles. The lowest BCUT2D eigenvalue weighted by Crippen LogP contribution is -2.39. The van der Waals surface area contributed by atoms with Crippen molar-refractivity contribution in [3.63, 3.8) is 0 Å². The summed E-state index contributed by atoms with van der Waals surface area (Å²) in [7, 11) is 1.62. The molecule has 0 spiro atoms. The maximum Gasteiger partial charge on any atom is 0.227 e. The topological polar surface area (TPSA) is 56.8 Å². The van der Waals surface area contributed by atoms with Gasteiger partial charge in [-0.15, -0.1) is 0 Å². The van der Waals surface area contributed by atoms with E-state index in [0.29, 0.717) is 31.9 Å². The van der Waals surface area contributed by atoms with Crippen LogP contribution in [-0.2, 0) is 11.2 Å². The van der Waals surface area contributed by atoms with Gasteiger partial charge in [-0.25, -0.2) is 0 Å². The molecule has 1 amide bonds. The lowest BCUT2D eigenvalue weighted by Gasteiger charge is -2.25. The number of aryl methyl sites for hydroxylation is 2. The molecule has 2 aromatic rings. The van der Waals surface area contributed by atoms with E-state index < -0.39 is 0 Å². The van der Waals surface area contributed by atoms with Gasteiger partial charge in [-0.3, -0.25) is 4.79 Å². The van der Waals surface area contributed by atoms with Gasteiger partial charge in [-0.2, -0.15) is 0 Å². The van der Waals surface area contributed by atoms with Crippen molar-refractivity contribution in [1.82, 2.24) is 5.32 Å². The highest BCUT2D eigenvalue weighted by molar-refractivity contribution is 5.79. The summed E-state index contributed by atoms with van der Waals surface area (Å²) < 4.78 is 16.8. The third-order valence-corrected chi connectivity index (χ3v) is 4.69. The molecule has 1 N–H and O–H groups in total. The van der Waals surface area contributed by atoms with Gasteiger partial charge in [0.1, 0.15) is 19.0 Å². The SMILES string of the molecule is COc1cccc2c1OC[C@@H](C(=O)NCCOc1ccc(C)c(C)c1)C2. The number of carbonyl (C=O) groups is 1. The first-order chi connectivity index (χ1) is 12.6. The van der Waals surface area contributed by atoms with Crippen LogP contribution >= 0.6 is 0 Å². The van der Waals surface area contributed by atoms with E-state index in [1.807, 2.05) is 36.4 Å². The second kappa shape index (κ2) is 8.13. The highest BCUT2D eigenvalue weighted by Gasteiger charge is 2.27. The van der Waals surface area contributed by atoms with Gasteiger partial charge in [-0.1, -0.05) is 18.2 Å². The highest BCUT2D eigenvalue weighted by atomic mass is 16.5. The van der Waals surface area contributed by atoms with Crippen LogP contribution in [0, 0.1) is 19.8 Å². The Kier molecular flexibility index (Phi) is 5.66. The molecule has 2 aromatic carbocycles. The molecule has 3 rings (SSSR count). The summed E-state index contributed by atoms with van der Waals surface area (Å²) >= 11 is 0. The Hall–Kier alpha value is -2.69. The number of benzene rings is 2. The van der Waals surface area contributed by atoms with E-state index in [-0.39, 0.29) is 11.8 Å². The smallest absolute Gasteiger partial charge is 0.227 e. The number of hydrogen-bond acceptors (Lipinski definition) is 4. The molecule has 0 fully saturated rings. The summed E-state index contributed by atoms with van der Waals surface area (Å²) in [4.78, 5) is 12.4. The van der Waals surface area contributed by atoms with Gasteiger partial charge in [0.2, 0.25) is 5.91 Å². The minimum absolute atomic E-state index is 0.0119. The number of hydrogen-bond donors (Lipinski definition) is 1. The second-order valence-corrected chi connectivity index (χ2v) is 6.55. The lowest BCUT2D eigenvalue weighted by molar-refractivity contribution is -0.126. The van der Waals surface area contributed by atoms with Crippen molar-refractivity contribution in [2.75, 3.05) is 26.9 Å². The van der Waals surface area contributed by atoms with E-state index in [4.69, 9.17) is 14.2 Å². The summed E-state index contributed by atoms with van der Waals surface area (Å²) in [6.45, 7) is 5.38. The number of amides is 1. The van der Waals surface area contributed by atoms with Crippen molar-refractivity contribution in [3.8, 4) is 17.2 Å². The van der Waals surface area contributed by atoms with Crippen LogP contribution in [0.4, 0.5) is 0 Å². The monoisotopic (exact) mass is 355 g/mol. The Morgan fingerprint density at radius 2 is 2.08 bits per heavy atom. The van der Waals surface area contributed by atoms with E-state index in [1.54, 1.807) is 7.11 Å². The average Bonchev–Trinajstić information content (AvgIpc) is 2.66. The number of ether oxygens (including phenoxy) is 3. The third-order valence-electron chi connectivity index (χ3n) is 4.69. The number of carbonyl (C=O) groups excluding carboxylic acids is 1. The molecule has 1 aliphatic heterocycles. The van der Waals surface area contributed by atoms with Crippen molar-refractivity contribution in [3.05, 3.63) is 53.1 Å². The van der Waals surface area contributed by atoms with Gasteiger partial charge >= 0.3 is 0 Å². The van der Waals surface area contributed by atoms with Crippen molar-refractivity contribution in [2.24, 2.45) is 5.92 Å².